The summed E-state index contributed by atoms with van der Waals surface area (Å²) in [5.41, 5.74) is 1.51. The molecule has 0 saturated heterocycles. The second-order valence-electron chi connectivity index (χ2n) is 5.07. The van der Waals surface area contributed by atoms with Gasteiger partial charge in [-0.15, -0.1) is 0 Å². The molecule has 4 nitrogen and oxygen atoms in total. The fourth-order valence-corrected chi connectivity index (χ4v) is 2.81. The molecule has 23 heavy (non-hydrogen) atoms. The second kappa shape index (κ2) is 8.31. The molecule has 2 rings (SSSR count). The van der Waals surface area contributed by atoms with Crippen LogP contribution < -0.4 is 10.4 Å². The maximum Gasteiger partial charge on any atom is 0.228 e. The van der Waals surface area contributed by atoms with Crippen molar-refractivity contribution in [3.63, 3.8) is 0 Å². The lowest BCUT2D eigenvalue weighted by Crippen LogP contribution is -2.32. The van der Waals surface area contributed by atoms with Crippen molar-refractivity contribution >= 4 is 51.8 Å². The van der Waals surface area contributed by atoms with Crippen molar-refractivity contribution in [3.8, 4) is 0 Å². The number of rotatable bonds is 6. The van der Waals surface area contributed by atoms with Crippen LogP contribution in [0.5, 0.6) is 0 Å². The van der Waals surface area contributed by atoms with Gasteiger partial charge in [-0.05, 0) is 65.3 Å². The first-order valence-electron chi connectivity index (χ1n) is 6.95. The Morgan fingerprint density at radius 2 is 1.78 bits per heavy atom. The molecule has 0 aliphatic rings. The van der Waals surface area contributed by atoms with Gasteiger partial charge in [0.15, 0.2) is 0 Å². The summed E-state index contributed by atoms with van der Waals surface area (Å²) in [6, 6.07) is 14.3. The second-order valence-corrected chi connectivity index (χ2v) is 6.67. The fraction of sp³-hybridized carbons (Fsp3) is 0.176. The number of aliphatic carboxylic acids is 1. The molecule has 0 saturated carbocycles. The van der Waals surface area contributed by atoms with E-state index in [1.54, 1.807) is 30.3 Å². The molecule has 120 valence electrons. The molecule has 0 aliphatic heterocycles. The molecule has 0 aromatic heterocycles. The molecule has 6 heteroatoms. The van der Waals surface area contributed by atoms with Crippen LogP contribution >= 0.6 is 34.2 Å². The molecule has 1 amide bonds. The van der Waals surface area contributed by atoms with Gasteiger partial charge in [0.25, 0.3) is 0 Å². The Labute approximate surface area is 153 Å². The topological polar surface area (TPSA) is 69.2 Å². The minimum atomic E-state index is -1.25. The number of carboxylic acids is 1. The molecular weight excluding hydrogens is 429 g/mol. The Kier molecular flexibility index (Phi) is 6.41. The monoisotopic (exact) mass is 442 g/mol. The highest BCUT2D eigenvalue weighted by atomic mass is 127. The lowest BCUT2D eigenvalue weighted by Gasteiger charge is -2.18. The zero-order chi connectivity index (χ0) is 16.8. The highest BCUT2D eigenvalue weighted by Crippen LogP contribution is 2.21. The van der Waals surface area contributed by atoms with Crippen molar-refractivity contribution in [2.24, 2.45) is 5.92 Å². The van der Waals surface area contributed by atoms with E-state index in [-0.39, 0.29) is 12.3 Å². The van der Waals surface area contributed by atoms with Gasteiger partial charge in [0, 0.05) is 20.5 Å². The van der Waals surface area contributed by atoms with Crippen molar-refractivity contribution in [2.75, 3.05) is 5.32 Å². The number of nitrogens with one attached hydrogen (secondary N) is 1. The molecule has 0 bridgehead atoms. The van der Waals surface area contributed by atoms with E-state index in [1.165, 1.54) is 0 Å². The number of carbonyl (C=O) groups is 2. The number of amides is 1. The van der Waals surface area contributed by atoms with Crippen molar-refractivity contribution in [2.45, 2.75) is 12.8 Å². The maximum absolute atomic E-state index is 12.4. The Hall–Kier alpha value is -1.60. The van der Waals surface area contributed by atoms with Gasteiger partial charge in [-0.2, -0.15) is 0 Å². The van der Waals surface area contributed by atoms with Gasteiger partial charge in [0.1, 0.15) is 0 Å². The normalized spacial score (nSPS) is 11.7. The van der Waals surface area contributed by atoms with Crippen molar-refractivity contribution in [1.82, 2.24) is 0 Å². The van der Waals surface area contributed by atoms with Crippen molar-refractivity contribution in [1.29, 1.82) is 0 Å². The van der Waals surface area contributed by atoms with E-state index in [0.29, 0.717) is 17.1 Å². The van der Waals surface area contributed by atoms with Gasteiger partial charge in [-0.25, -0.2) is 0 Å². The van der Waals surface area contributed by atoms with Crippen LogP contribution in [0.3, 0.4) is 0 Å². The Morgan fingerprint density at radius 1 is 1.13 bits per heavy atom. The lowest BCUT2D eigenvalue weighted by atomic mass is 9.95. The first-order chi connectivity index (χ1) is 11.0. The van der Waals surface area contributed by atoms with Crippen LogP contribution in [0.25, 0.3) is 0 Å². The number of hydrogen-bond donors (Lipinski definition) is 1. The van der Waals surface area contributed by atoms with Gasteiger partial charge in [0.2, 0.25) is 5.91 Å². The van der Waals surface area contributed by atoms with E-state index in [2.05, 4.69) is 27.9 Å². The third kappa shape index (κ3) is 5.51. The Morgan fingerprint density at radius 3 is 2.39 bits per heavy atom. The Balaban J connectivity index is 2.13. The summed E-state index contributed by atoms with van der Waals surface area (Å²) in [5.74, 6) is -2.30. The molecule has 0 fully saturated rings. The first kappa shape index (κ1) is 17.7. The zero-order valence-corrected chi connectivity index (χ0v) is 15.0. The van der Waals surface area contributed by atoms with E-state index in [4.69, 9.17) is 11.6 Å². The van der Waals surface area contributed by atoms with Gasteiger partial charge in [-0.1, -0.05) is 35.9 Å². The van der Waals surface area contributed by atoms with E-state index < -0.39 is 11.9 Å². The predicted octanol–water partition coefficient (Wildman–Crippen LogP) is 2.88. The zero-order valence-electron chi connectivity index (χ0n) is 12.1. The number of carbonyl (C=O) groups excluding carboxylic acids is 2. The third-order valence-electron chi connectivity index (χ3n) is 3.31. The highest BCUT2D eigenvalue weighted by molar-refractivity contribution is 14.1. The summed E-state index contributed by atoms with van der Waals surface area (Å²) in [4.78, 5) is 23.4. The minimum absolute atomic E-state index is 0.306. The fourth-order valence-electron chi connectivity index (χ4n) is 2.16. The molecule has 0 radical (unpaired) electrons. The van der Waals surface area contributed by atoms with Gasteiger partial charge in [0.05, 0.1) is 5.69 Å². The molecule has 1 atom stereocenters. The molecule has 2 aromatic carbocycles. The van der Waals surface area contributed by atoms with Crippen LogP contribution in [-0.2, 0) is 16.0 Å². The summed E-state index contributed by atoms with van der Waals surface area (Å²) in [6.07, 6.45) is -0.0295. The van der Waals surface area contributed by atoms with Crippen molar-refractivity contribution < 1.29 is 14.7 Å². The number of para-hydroxylation sites is 1. The SMILES string of the molecule is O=C([O-])CC(Cc1ccc(Cl)cc1)C(=O)Nc1ccccc1I. The van der Waals surface area contributed by atoms with Crippen LogP contribution in [-0.4, -0.2) is 11.9 Å². The first-order valence-corrected chi connectivity index (χ1v) is 8.41. The standard InChI is InChI=1S/C17H15ClINO3/c18-13-7-5-11(6-8-13)9-12(10-16(21)22)17(23)20-15-4-2-1-3-14(15)19/h1-8,12H,9-10H2,(H,20,23)(H,21,22)/p-1. The molecule has 0 heterocycles. The summed E-state index contributed by atoms with van der Waals surface area (Å²) in [5, 5.41) is 14.3. The van der Waals surface area contributed by atoms with Gasteiger partial charge < -0.3 is 15.2 Å². The van der Waals surface area contributed by atoms with Crippen LogP contribution in [0, 0.1) is 9.49 Å². The van der Waals surface area contributed by atoms with E-state index in [1.807, 2.05) is 18.2 Å². The molecule has 1 N–H and O–H groups in total. The predicted molar refractivity (Wildman–Crippen MR) is 96.1 cm³/mol. The van der Waals surface area contributed by atoms with Crippen LogP contribution in [0.4, 0.5) is 5.69 Å². The highest BCUT2D eigenvalue weighted by Gasteiger charge is 2.20. The van der Waals surface area contributed by atoms with Gasteiger partial charge >= 0.3 is 0 Å². The van der Waals surface area contributed by atoms with Crippen LogP contribution in [0.1, 0.15) is 12.0 Å². The Bertz CT molecular complexity index is 703. The van der Waals surface area contributed by atoms with E-state index in [9.17, 15) is 14.7 Å². The largest absolute Gasteiger partial charge is 0.550 e. The summed E-state index contributed by atoms with van der Waals surface area (Å²) in [6.45, 7) is 0. The van der Waals surface area contributed by atoms with Gasteiger partial charge in [-0.3, -0.25) is 4.79 Å². The smallest absolute Gasteiger partial charge is 0.228 e. The maximum atomic E-state index is 12.4. The molecule has 1 unspecified atom stereocenters. The van der Waals surface area contributed by atoms with Crippen LogP contribution in [0.15, 0.2) is 48.5 Å². The van der Waals surface area contributed by atoms with Crippen molar-refractivity contribution in [3.05, 3.63) is 62.7 Å². The molecule has 2 aromatic rings. The minimum Gasteiger partial charge on any atom is -0.550 e. The summed E-state index contributed by atoms with van der Waals surface area (Å²) in [7, 11) is 0. The average Bonchev–Trinajstić information content (AvgIpc) is 2.50. The number of anilines is 1. The van der Waals surface area contributed by atoms with Crippen LogP contribution in [0.2, 0.25) is 5.02 Å². The molecule has 0 spiro atoms. The summed E-state index contributed by atoms with van der Waals surface area (Å²) < 4.78 is 0.886. The van der Waals surface area contributed by atoms with E-state index >= 15 is 0 Å². The summed E-state index contributed by atoms with van der Waals surface area (Å²) >= 11 is 7.95. The lowest BCUT2D eigenvalue weighted by molar-refractivity contribution is -0.306. The molecular formula is C17H14ClINO3-. The number of benzene rings is 2. The van der Waals surface area contributed by atoms with E-state index in [0.717, 1.165) is 9.13 Å². The number of carboxylic acid groups (broad SMARTS) is 1. The molecule has 0 aliphatic carbocycles. The number of hydrogen-bond acceptors (Lipinski definition) is 3. The average molecular weight is 443 g/mol. The third-order valence-corrected chi connectivity index (χ3v) is 4.50. The number of halogens is 2. The quantitative estimate of drug-likeness (QED) is 0.700.